The summed E-state index contributed by atoms with van der Waals surface area (Å²) in [6.45, 7) is -11.4. The SMILES string of the molecule is COc1cccc2c1OP(=O)(OC[C@@]1(F)O[C@@H](n3cc(F)c(=O)[nH]c3=S)[C@H](O)[C@@H]1O)OC2.[2H]C([2H])(OP1(=O)OCc2cccc(OC)c2O1)[C@@]1(F)O[C@@H](n2cc(F)c(=O)[nH]c2=S)[C@H](O)[C@@H]1O.[2H]C([2H])(OP1(=O)OCc2cccc(OC)c2O1)[C@@]1(F)O[C@@]([2H])(n2cc(F)c(=O)[nH]c2=S)[C@H](O)[C@@H]1O.[2H][C@@]1(n2cc(F)c(=O)[nH]c2=S)O[C@](F)(COP2(=O)OCc3cccc(OC)c3O2)[C@@H](O)[C@H]1O. The van der Waals surface area contributed by atoms with Gasteiger partial charge in [0.15, 0.2) is 89.9 Å². The zero-order valence-corrected chi connectivity index (χ0v) is 71.3. The maximum absolute atomic E-state index is 15.9. The van der Waals surface area contributed by atoms with E-state index in [-0.39, 0.29) is 70.4 Å². The van der Waals surface area contributed by atoms with Crippen LogP contribution in [0.5, 0.6) is 46.0 Å². The number of halogens is 8. The number of alkyl halides is 4. The third-order valence-electron chi connectivity index (χ3n) is 18.7. The van der Waals surface area contributed by atoms with Crippen LogP contribution in [0, 0.1) is 42.4 Å². The molecule has 8 aliphatic rings. The number of nitrogens with zero attached hydrogens (tertiary/aromatic N) is 4. The lowest BCUT2D eigenvalue weighted by Gasteiger charge is -2.29. The maximum Gasteiger partial charge on any atom is 0.530 e. The molecule has 12 N–H and O–H groups in total. The van der Waals surface area contributed by atoms with Gasteiger partial charge in [-0.05, 0) is 73.1 Å². The van der Waals surface area contributed by atoms with Crippen molar-refractivity contribution >= 4 is 80.2 Å². The minimum Gasteiger partial charge on any atom is -0.493 e. The zero-order chi connectivity index (χ0) is 98.5. The second-order valence-electron chi connectivity index (χ2n) is 26.9. The van der Waals surface area contributed by atoms with Crippen LogP contribution in [-0.2, 0) is 99.8 Å². The van der Waals surface area contributed by atoms with Gasteiger partial charge in [0.1, 0.15) is 75.2 Å². The molecule has 0 bridgehead atoms. The van der Waals surface area contributed by atoms with Gasteiger partial charge < -0.3 is 96.8 Å². The van der Waals surface area contributed by atoms with Crippen molar-refractivity contribution in [3.63, 3.8) is 0 Å². The number of phosphoric ester groups is 4. The number of methoxy groups -OCH3 is 4. The van der Waals surface area contributed by atoms with Gasteiger partial charge in [-0.2, -0.15) is 17.6 Å². The Labute approximate surface area is 737 Å². The molecule has 8 aliphatic heterocycles. The molecule has 4 saturated heterocycles. The number of H-pyrrole nitrogens is 4. The van der Waals surface area contributed by atoms with Gasteiger partial charge in [0.2, 0.25) is 23.3 Å². The summed E-state index contributed by atoms with van der Waals surface area (Å²) in [4.78, 5) is 53.0. The molecule has 4 aromatic heterocycles. The number of aromatic nitrogens is 8. The monoisotopic (exact) mass is 1980 g/mol. The second-order valence-corrected chi connectivity index (χ2v) is 34.7. The van der Waals surface area contributed by atoms with Crippen LogP contribution >= 0.6 is 80.2 Å². The Balaban J connectivity index is 0.000000152. The highest BCUT2D eigenvalue weighted by Crippen LogP contribution is 2.62. The normalized spacial score (nSPS) is 33.8. The molecular weight excluding hydrogens is 1910 g/mol. The molecule has 0 amide bonds. The average molecular weight is 1980 g/mol. The summed E-state index contributed by atoms with van der Waals surface area (Å²) < 4.78 is 318. The van der Waals surface area contributed by atoms with Gasteiger partial charge in [-0.15, -0.1) is 0 Å². The quantitative estimate of drug-likeness (QED) is 0.0212. The molecule has 60 heteroatoms. The molecule has 128 heavy (non-hydrogen) atoms. The molecule has 0 radical (unpaired) electrons. The maximum atomic E-state index is 15.9. The summed E-state index contributed by atoms with van der Waals surface area (Å²) in [5.74, 6) is -19.5. The van der Waals surface area contributed by atoms with Crippen LogP contribution in [0.4, 0.5) is 35.1 Å². The van der Waals surface area contributed by atoms with Crippen molar-refractivity contribution in [1.82, 2.24) is 38.2 Å². The Bertz CT molecular complexity index is 6600. The molecule has 20 atom stereocenters. The Morgan fingerprint density at radius 3 is 0.953 bits per heavy atom. The average Bonchev–Trinajstić information content (AvgIpc) is 1.55. The number of nitrogens with one attached hydrogen (secondary N) is 4. The molecule has 696 valence electrons. The summed E-state index contributed by atoms with van der Waals surface area (Å²) in [5, 5.41) is 82.2. The third kappa shape index (κ3) is 19.7. The lowest BCUT2D eigenvalue weighted by molar-refractivity contribution is -0.205. The van der Waals surface area contributed by atoms with E-state index >= 15 is 17.6 Å². The van der Waals surface area contributed by atoms with Crippen LogP contribution in [0.1, 0.15) is 55.3 Å². The van der Waals surface area contributed by atoms with Gasteiger partial charge >= 0.3 is 31.3 Å². The molecule has 0 aliphatic carbocycles. The molecule has 4 unspecified atom stereocenters. The number of hydrogen-bond donors (Lipinski definition) is 12. The number of aromatic amines is 4. The first-order valence-electron chi connectivity index (χ1n) is 38.6. The largest absolute Gasteiger partial charge is 0.530 e. The fraction of sp³-hybridized carbons (Fsp3) is 0.412. The van der Waals surface area contributed by atoms with Crippen molar-refractivity contribution in [2.45, 2.75) is 124 Å². The van der Waals surface area contributed by atoms with Gasteiger partial charge in [-0.3, -0.25) is 93.6 Å². The van der Waals surface area contributed by atoms with E-state index in [4.69, 9.17) is 149 Å². The summed E-state index contributed by atoms with van der Waals surface area (Å²) in [5.41, 5.74) is -3.14. The number of para-hydroxylation sites is 4. The Hall–Kier alpha value is -8.76. The van der Waals surface area contributed by atoms with Crippen LogP contribution in [0.2, 0.25) is 0 Å². The Morgan fingerprint density at radius 2 is 0.641 bits per heavy atom. The number of aliphatic hydroxyl groups is 8. The number of aliphatic hydroxyl groups excluding tert-OH is 8. The summed E-state index contributed by atoms with van der Waals surface area (Å²) in [6.07, 6.45) is -27.4. The fourth-order valence-electron chi connectivity index (χ4n) is 12.2. The van der Waals surface area contributed by atoms with Crippen molar-refractivity contribution in [2.75, 3.05) is 54.8 Å². The fourth-order valence-corrected chi connectivity index (χ4v) is 17.8. The number of benzene rings is 4. The van der Waals surface area contributed by atoms with E-state index in [0.29, 0.717) is 56.2 Å². The van der Waals surface area contributed by atoms with Crippen molar-refractivity contribution in [3.05, 3.63) is 204 Å². The predicted molar refractivity (Wildman–Crippen MR) is 415 cm³/mol. The van der Waals surface area contributed by atoms with Gasteiger partial charge in [0, 0.05) is 22.3 Å². The molecule has 8 aromatic rings. The smallest absolute Gasteiger partial charge is 0.493 e. The summed E-state index contributed by atoms with van der Waals surface area (Å²) in [6, 6.07) is 18.7. The molecule has 0 saturated carbocycles. The van der Waals surface area contributed by atoms with E-state index < -0.39 is 226 Å². The Kier molecular flexibility index (Phi) is 26.2. The Morgan fingerprint density at radius 1 is 0.398 bits per heavy atom. The molecule has 12 heterocycles. The molecular formula is C68H68F8N8O36P4S4. The van der Waals surface area contributed by atoms with Gasteiger partial charge in [-0.1, -0.05) is 48.5 Å². The van der Waals surface area contributed by atoms with E-state index in [0.717, 1.165) is 4.57 Å². The minimum absolute atomic E-state index is 0.0419. The van der Waals surface area contributed by atoms with Gasteiger partial charge in [0.25, 0.3) is 45.7 Å². The van der Waals surface area contributed by atoms with Crippen molar-refractivity contribution in [1.29, 1.82) is 0 Å². The van der Waals surface area contributed by atoms with E-state index in [1.165, 1.54) is 52.7 Å². The van der Waals surface area contributed by atoms with E-state index in [1.807, 2.05) is 19.9 Å². The first kappa shape index (κ1) is 88.5. The van der Waals surface area contributed by atoms with Crippen LogP contribution in [0.15, 0.2) is 117 Å². The topological polar surface area (TPSA) is 566 Å². The highest BCUT2D eigenvalue weighted by atomic mass is 32.1. The summed E-state index contributed by atoms with van der Waals surface area (Å²) >= 11 is 19.3. The molecule has 44 nitrogen and oxygen atoms in total. The van der Waals surface area contributed by atoms with Crippen molar-refractivity contribution in [2.24, 2.45) is 0 Å². The van der Waals surface area contributed by atoms with E-state index in [1.54, 1.807) is 48.5 Å². The molecule has 4 fully saturated rings. The molecule has 16 rings (SSSR count). The third-order valence-corrected chi connectivity index (χ3v) is 24.8. The van der Waals surface area contributed by atoms with E-state index in [9.17, 15) is 95.9 Å². The number of hydrogen-bond acceptors (Lipinski definition) is 40. The van der Waals surface area contributed by atoms with Crippen LogP contribution in [-0.4, -0.2) is 206 Å². The minimum atomic E-state index is -4.95. The van der Waals surface area contributed by atoms with Crippen LogP contribution in [0.25, 0.3) is 0 Å². The zero-order valence-electron chi connectivity index (χ0n) is 70.5. The highest BCUT2D eigenvalue weighted by molar-refractivity contribution is 7.71. The predicted octanol–water partition coefficient (Wildman–Crippen LogP) is 6.82. The lowest BCUT2D eigenvalue weighted by Crippen LogP contribution is -2.43. The molecule has 0 spiro atoms. The molecule has 4 aromatic carbocycles. The number of phosphoric acid groups is 4. The van der Waals surface area contributed by atoms with Gasteiger partial charge in [-0.25, -0.2) is 35.8 Å². The van der Waals surface area contributed by atoms with E-state index in [2.05, 4.69) is 0 Å². The first-order valence-corrected chi connectivity index (χ1v) is 43.1. The summed E-state index contributed by atoms with van der Waals surface area (Å²) in [7, 11) is -13.4. The number of ether oxygens (including phenoxy) is 8. The second kappa shape index (κ2) is 37.8. The van der Waals surface area contributed by atoms with Gasteiger partial charge in [0.05, 0.1) is 87.9 Å². The van der Waals surface area contributed by atoms with Crippen LogP contribution in [0.3, 0.4) is 0 Å². The number of fused-ring (bicyclic) bond motifs is 4. The highest BCUT2D eigenvalue weighted by Gasteiger charge is 2.62. The standard InChI is InChI=1S/4C17H17F2N2O9PS/c4*1-26-10-4-2-3-8-6-27-31(25,30-12(8)10)28-7-17(19)13(23)11(22)15(29-17)21-5-9(18)14(24)20-16(21)32/h4*2-5,11,13,15,22-23H,6-7H2,1H3,(H,20,24,32)/t4*11-,13+,15-,17-,31?/m1111/s1/i7D2,15D;15D;7D2;. The number of rotatable bonds is 20. The van der Waals surface area contributed by atoms with Crippen LogP contribution < -0.4 is 59.3 Å². The van der Waals surface area contributed by atoms with Crippen molar-refractivity contribution in [3.8, 4) is 46.0 Å². The van der Waals surface area contributed by atoms with Crippen molar-refractivity contribution < 1.29 is 195 Å². The first-order chi connectivity index (χ1) is 62.5. The lowest BCUT2D eigenvalue weighted by atomic mass is 10.1.